The zero-order chi connectivity index (χ0) is 12.3. The highest BCUT2D eigenvalue weighted by Crippen LogP contribution is 2.26. The third-order valence-corrected chi connectivity index (χ3v) is 3.80. The molecule has 1 aliphatic carbocycles. The Morgan fingerprint density at radius 2 is 1.88 bits per heavy atom. The summed E-state index contributed by atoms with van der Waals surface area (Å²) in [6.45, 7) is 5.26. The highest BCUT2D eigenvalue weighted by molar-refractivity contribution is 4.67. The van der Waals surface area contributed by atoms with E-state index in [1.165, 1.54) is 45.1 Å². The molecular weight excluding hydrogens is 212 g/mol. The summed E-state index contributed by atoms with van der Waals surface area (Å²) < 4.78 is 5.00. The average Bonchev–Trinajstić information content (AvgIpc) is 2.37. The molecule has 0 radical (unpaired) electrons. The standard InChI is InChI=1S/C14H30N2O/c1-16(12-9-15-10-13-17-2)11-8-14-6-4-3-5-7-14/h14-15H,3-13H2,1-2H3. The Labute approximate surface area is 107 Å². The van der Waals surface area contributed by atoms with Gasteiger partial charge in [-0.15, -0.1) is 0 Å². The SMILES string of the molecule is COCCNCCN(C)CCC1CCCCC1. The van der Waals surface area contributed by atoms with E-state index < -0.39 is 0 Å². The first-order valence-electron chi connectivity index (χ1n) is 7.21. The lowest BCUT2D eigenvalue weighted by Crippen LogP contribution is -2.32. The Kier molecular flexibility index (Phi) is 8.67. The molecule has 0 unspecified atom stereocenters. The number of rotatable bonds is 9. The molecule has 3 heteroatoms. The number of nitrogens with zero attached hydrogens (tertiary/aromatic N) is 1. The molecule has 0 atom stereocenters. The van der Waals surface area contributed by atoms with E-state index >= 15 is 0 Å². The Hall–Kier alpha value is -0.120. The summed E-state index contributed by atoms with van der Waals surface area (Å²) in [5.74, 6) is 1.01. The molecule has 17 heavy (non-hydrogen) atoms. The minimum atomic E-state index is 0.811. The smallest absolute Gasteiger partial charge is 0.0587 e. The highest BCUT2D eigenvalue weighted by Gasteiger charge is 2.13. The Bertz CT molecular complexity index is 170. The average molecular weight is 242 g/mol. The third-order valence-electron chi connectivity index (χ3n) is 3.80. The molecule has 1 N–H and O–H groups in total. The minimum absolute atomic E-state index is 0.811. The maximum absolute atomic E-state index is 5.00. The van der Waals surface area contributed by atoms with Gasteiger partial charge in [-0.1, -0.05) is 32.1 Å². The molecule has 1 saturated carbocycles. The minimum Gasteiger partial charge on any atom is -0.383 e. The van der Waals surface area contributed by atoms with Gasteiger partial charge in [-0.2, -0.15) is 0 Å². The van der Waals surface area contributed by atoms with Crippen LogP contribution in [0.2, 0.25) is 0 Å². The van der Waals surface area contributed by atoms with Crippen LogP contribution >= 0.6 is 0 Å². The summed E-state index contributed by atoms with van der Waals surface area (Å²) in [6.07, 6.45) is 8.74. The summed E-state index contributed by atoms with van der Waals surface area (Å²) in [5.41, 5.74) is 0. The van der Waals surface area contributed by atoms with Crippen molar-refractivity contribution in [3.05, 3.63) is 0 Å². The van der Waals surface area contributed by atoms with Crippen LogP contribution in [0.1, 0.15) is 38.5 Å². The lowest BCUT2D eigenvalue weighted by Gasteiger charge is -2.24. The van der Waals surface area contributed by atoms with Gasteiger partial charge in [0.05, 0.1) is 6.61 Å². The van der Waals surface area contributed by atoms with Gasteiger partial charge in [-0.25, -0.2) is 0 Å². The van der Waals surface area contributed by atoms with Gasteiger partial charge in [0.1, 0.15) is 0 Å². The molecule has 3 nitrogen and oxygen atoms in total. The van der Waals surface area contributed by atoms with Crippen molar-refractivity contribution in [1.82, 2.24) is 10.2 Å². The van der Waals surface area contributed by atoms with Crippen molar-refractivity contribution in [3.63, 3.8) is 0 Å². The monoisotopic (exact) mass is 242 g/mol. The summed E-state index contributed by atoms with van der Waals surface area (Å²) in [4.78, 5) is 2.45. The topological polar surface area (TPSA) is 24.5 Å². The van der Waals surface area contributed by atoms with Crippen LogP contribution in [0.25, 0.3) is 0 Å². The number of methoxy groups -OCH3 is 1. The molecule has 1 rings (SSSR count). The van der Waals surface area contributed by atoms with Crippen LogP contribution in [0.3, 0.4) is 0 Å². The van der Waals surface area contributed by atoms with E-state index in [0.717, 1.165) is 32.2 Å². The van der Waals surface area contributed by atoms with E-state index in [-0.39, 0.29) is 0 Å². The third kappa shape index (κ3) is 7.74. The zero-order valence-corrected chi connectivity index (χ0v) is 11.7. The molecule has 0 aromatic heterocycles. The summed E-state index contributed by atoms with van der Waals surface area (Å²) >= 11 is 0. The molecule has 0 spiro atoms. The first-order chi connectivity index (χ1) is 8.33. The molecule has 0 aliphatic heterocycles. The van der Waals surface area contributed by atoms with Gasteiger partial charge in [0.15, 0.2) is 0 Å². The van der Waals surface area contributed by atoms with Crippen LogP contribution in [0.5, 0.6) is 0 Å². The van der Waals surface area contributed by atoms with Crippen LogP contribution in [0.4, 0.5) is 0 Å². The fraction of sp³-hybridized carbons (Fsp3) is 1.00. The summed E-state index contributed by atoms with van der Waals surface area (Å²) in [5, 5.41) is 3.39. The molecule has 0 heterocycles. The second-order valence-corrected chi connectivity index (χ2v) is 5.34. The van der Waals surface area contributed by atoms with Crippen molar-refractivity contribution in [2.75, 3.05) is 46.9 Å². The molecule has 0 aromatic rings. The predicted octanol–water partition coefficient (Wildman–Crippen LogP) is 2.12. The van der Waals surface area contributed by atoms with Crippen molar-refractivity contribution >= 4 is 0 Å². The fourth-order valence-electron chi connectivity index (χ4n) is 2.56. The normalized spacial score (nSPS) is 17.8. The number of hydrogen-bond donors (Lipinski definition) is 1. The first-order valence-corrected chi connectivity index (χ1v) is 7.21. The predicted molar refractivity (Wildman–Crippen MR) is 73.4 cm³/mol. The lowest BCUT2D eigenvalue weighted by molar-refractivity contribution is 0.197. The maximum atomic E-state index is 5.00. The molecule has 102 valence electrons. The first kappa shape index (κ1) is 14.9. The molecule has 0 aromatic carbocycles. The van der Waals surface area contributed by atoms with Gasteiger partial charge in [-0.05, 0) is 25.9 Å². The van der Waals surface area contributed by atoms with Crippen molar-refractivity contribution in [2.45, 2.75) is 38.5 Å². The van der Waals surface area contributed by atoms with Crippen LogP contribution in [-0.4, -0.2) is 51.8 Å². The molecule has 0 amide bonds. The second-order valence-electron chi connectivity index (χ2n) is 5.34. The van der Waals surface area contributed by atoms with E-state index in [1.54, 1.807) is 7.11 Å². The molecular formula is C14H30N2O. The largest absolute Gasteiger partial charge is 0.383 e. The van der Waals surface area contributed by atoms with Gasteiger partial charge in [0.25, 0.3) is 0 Å². The van der Waals surface area contributed by atoms with Crippen molar-refractivity contribution < 1.29 is 4.74 Å². The van der Waals surface area contributed by atoms with Gasteiger partial charge in [0, 0.05) is 26.7 Å². The van der Waals surface area contributed by atoms with Gasteiger partial charge in [0.2, 0.25) is 0 Å². The fourth-order valence-corrected chi connectivity index (χ4v) is 2.56. The van der Waals surface area contributed by atoms with E-state index in [0.29, 0.717) is 0 Å². The van der Waals surface area contributed by atoms with E-state index in [2.05, 4.69) is 17.3 Å². The number of ether oxygens (including phenoxy) is 1. The number of nitrogens with one attached hydrogen (secondary N) is 1. The molecule has 1 aliphatic rings. The Morgan fingerprint density at radius 3 is 2.59 bits per heavy atom. The van der Waals surface area contributed by atoms with Crippen molar-refractivity contribution in [1.29, 1.82) is 0 Å². The van der Waals surface area contributed by atoms with Crippen LogP contribution in [0.15, 0.2) is 0 Å². The maximum Gasteiger partial charge on any atom is 0.0587 e. The van der Waals surface area contributed by atoms with Crippen LogP contribution in [-0.2, 0) is 4.74 Å². The van der Waals surface area contributed by atoms with Gasteiger partial charge < -0.3 is 15.0 Å². The molecule has 0 bridgehead atoms. The van der Waals surface area contributed by atoms with Gasteiger partial charge in [-0.3, -0.25) is 0 Å². The van der Waals surface area contributed by atoms with E-state index in [1.807, 2.05) is 0 Å². The van der Waals surface area contributed by atoms with Gasteiger partial charge >= 0.3 is 0 Å². The number of hydrogen-bond acceptors (Lipinski definition) is 3. The Balaban J connectivity index is 1.91. The van der Waals surface area contributed by atoms with Crippen molar-refractivity contribution in [3.8, 4) is 0 Å². The highest BCUT2D eigenvalue weighted by atomic mass is 16.5. The second kappa shape index (κ2) is 9.86. The summed E-state index contributed by atoms with van der Waals surface area (Å²) in [7, 11) is 3.98. The zero-order valence-electron chi connectivity index (χ0n) is 11.7. The molecule has 1 fully saturated rings. The van der Waals surface area contributed by atoms with E-state index in [4.69, 9.17) is 4.74 Å². The van der Waals surface area contributed by atoms with E-state index in [9.17, 15) is 0 Å². The lowest BCUT2D eigenvalue weighted by atomic mass is 9.87. The van der Waals surface area contributed by atoms with Crippen LogP contribution < -0.4 is 5.32 Å². The number of likely N-dealkylation sites (N-methyl/N-ethyl adjacent to an activating group) is 1. The molecule has 0 saturated heterocycles. The quantitative estimate of drug-likeness (QED) is 0.627. The van der Waals surface area contributed by atoms with Crippen molar-refractivity contribution in [2.24, 2.45) is 5.92 Å². The summed E-state index contributed by atoms with van der Waals surface area (Å²) in [6, 6.07) is 0. The van der Waals surface area contributed by atoms with Crippen LogP contribution in [0, 0.1) is 5.92 Å². The Morgan fingerprint density at radius 1 is 1.12 bits per heavy atom.